The summed E-state index contributed by atoms with van der Waals surface area (Å²) < 4.78 is 32.3. The molecular weight excluding hydrogens is 296 g/mol. The van der Waals surface area contributed by atoms with Gasteiger partial charge in [-0.1, -0.05) is 24.6 Å². The van der Waals surface area contributed by atoms with Gasteiger partial charge in [0.25, 0.3) is 0 Å². The number of hydrogen-bond acceptors (Lipinski definition) is 2. The number of halogens is 3. The Morgan fingerprint density at radius 1 is 1.10 bits per heavy atom. The summed E-state index contributed by atoms with van der Waals surface area (Å²) in [7, 11) is 0. The van der Waals surface area contributed by atoms with Gasteiger partial charge in [-0.15, -0.1) is 0 Å². The summed E-state index contributed by atoms with van der Waals surface area (Å²) in [6.45, 7) is 3.59. The molecule has 0 bridgehead atoms. The number of hydrogen-bond donors (Lipinski definition) is 1. The quantitative estimate of drug-likeness (QED) is 0.858. The van der Waals surface area contributed by atoms with Crippen LogP contribution in [0, 0.1) is 11.6 Å². The van der Waals surface area contributed by atoms with Crippen molar-refractivity contribution in [2.75, 3.05) is 6.54 Å². The number of nitrogens with one attached hydrogen (secondary N) is 1. The molecule has 0 atom stereocenters. The van der Waals surface area contributed by atoms with E-state index in [1.807, 2.05) is 6.92 Å². The molecule has 112 valence electrons. The molecule has 0 aliphatic heterocycles. The van der Waals surface area contributed by atoms with Gasteiger partial charge >= 0.3 is 0 Å². The molecule has 0 saturated heterocycles. The molecule has 0 unspecified atom stereocenters. The van der Waals surface area contributed by atoms with E-state index in [0.717, 1.165) is 12.1 Å². The lowest BCUT2D eigenvalue weighted by Gasteiger charge is -2.10. The summed E-state index contributed by atoms with van der Waals surface area (Å²) in [6, 6.07) is 8.96. The Labute approximate surface area is 127 Å². The molecule has 0 heterocycles. The molecule has 2 nitrogen and oxygen atoms in total. The first-order chi connectivity index (χ1) is 10.1. The Morgan fingerprint density at radius 2 is 1.86 bits per heavy atom. The van der Waals surface area contributed by atoms with Gasteiger partial charge in [0.05, 0.1) is 5.02 Å². The molecule has 2 rings (SSSR count). The lowest BCUT2D eigenvalue weighted by Crippen LogP contribution is -2.12. The third kappa shape index (κ3) is 4.41. The minimum atomic E-state index is -0.511. The van der Waals surface area contributed by atoms with Gasteiger partial charge in [-0.25, -0.2) is 8.78 Å². The van der Waals surface area contributed by atoms with Crippen LogP contribution in [-0.4, -0.2) is 6.54 Å². The first-order valence-electron chi connectivity index (χ1n) is 6.66. The summed E-state index contributed by atoms with van der Waals surface area (Å²) in [4.78, 5) is 0. The van der Waals surface area contributed by atoms with E-state index in [1.54, 1.807) is 12.1 Å². The summed E-state index contributed by atoms with van der Waals surface area (Å²) in [5, 5.41) is 3.16. The molecule has 0 aliphatic carbocycles. The van der Waals surface area contributed by atoms with E-state index in [1.165, 1.54) is 24.3 Å². The van der Waals surface area contributed by atoms with Crippen molar-refractivity contribution in [3.8, 4) is 5.75 Å². The Morgan fingerprint density at radius 3 is 2.57 bits per heavy atom. The van der Waals surface area contributed by atoms with Gasteiger partial charge in [0, 0.05) is 18.2 Å². The maximum absolute atomic E-state index is 13.8. The highest BCUT2D eigenvalue weighted by molar-refractivity contribution is 6.30. The van der Waals surface area contributed by atoms with Crippen molar-refractivity contribution >= 4 is 11.6 Å². The largest absolute Gasteiger partial charge is 0.489 e. The van der Waals surface area contributed by atoms with Gasteiger partial charge < -0.3 is 10.1 Å². The topological polar surface area (TPSA) is 21.3 Å². The van der Waals surface area contributed by atoms with E-state index in [4.69, 9.17) is 16.3 Å². The molecule has 0 amide bonds. The van der Waals surface area contributed by atoms with Crippen LogP contribution in [0.4, 0.5) is 8.78 Å². The fourth-order valence-electron chi connectivity index (χ4n) is 1.85. The summed E-state index contributed by atoms with van der Waals surface area (Å²) >= 11 is 5.67. The fourth-order valence-corrected chi connectivity index (χ4v) is 2.02. The zero-order valence-corrected chi connectivity index (χ0v) is 12.4. The Kier molecular flexibility index (Phi) is 5.53. The van der Waals surface area contributed by atoms with E-state index in [2.05, 4.69) is 5.32 Å². The van der Waals surface area contributed by atoms with Crippen molar-refractivity contribution in [1.29, 1.82) is 0 Å². The van der Waals surface area contributed by atoms with Gasteiger partial charge in [-0.2, -0.15) is 0 Å². The van der Waals surface area contributed by atoms with Crippen molar-refractivity contribution in [2.24, 2.45) is 0 Å². The van der Waals surface area contributed by atoms with E-state index < -0.39 is 5.82 Å². The van der Waals surface area contributed by atoms with Crippen LogP contribution in [0.15, 0.2) is 36.4 Å². The van der Waals surface area contributed by atoms with Crippen LogP contribution in [0.25, 0.3) is 0 Å². The lowest BCUT2D eigenvalue weighted by atomic mass is 10.1. The van der Waals surface area contributed by atoms with E-state index in [9.17, 15) is 8.78 Å². The fraction of sp³-hybridized carbons (Fsp3) is 0.250. The van der Waals surface area contributed by atoms with Crippen molar-refractivity contribution in [3.05, 3.63) is 64.2 Å². The van der Waals surface area contributed by atoms with Crippen LogP contribution in [0.5, 0.6) is 5.75 Å². The third-order valence-corrected chi connectivity index (χ3v) is 3.26. The van der Waals surface area contributed by atoms with Crippen molar-refractivity contribution in [2.45, 2.75) is 20.1 Å². The van der Waals surface area contributed by atoms with Crippen LogP contribution in [0.2, 0.25) is 5.02 Å². The smallest absolute Gasteiger partial charge is 0.142 e. The zero-order chi connectivity index (χ0) is 15.2. The second kappa shape index (κ2) is 7.38. The molecule has 1 N–H and O–H groups in total. The number of ether oxygens (including phenoxy) is 1. The molecule has 0 saturated carbocycles. The zero-order valence-electron chi connectivity index (χ0n) is 11.6. The maximum atomic E-state index is 13.8. The normalized spacial score (nSPS) is 10.7. The Balaban J connectivity index is 2.06. The second-order valence-corrected chi connectivity index (χ2v) is 4.98. The third-order valence-electron chi connectivity index (χ3n) is 2.97. The summed E-state index contributed by atoms with van der Waals surface area (Å²) in [5.41, 5.74) is 1.43. The number of rotatable bonds is 6. The Hall–Kier alpha value is -1.65. The molecular formula is C16H16ClF2NO. The second-order valence-electron chi connectivity index (χ2n) is 4.57. The molecule has 0 radical (unpaired) electrons. The van der Waals surface area contributed by atoms with Crippen LogP contribution >= 0.6 is 11.6 Å². The molecule has 0 aromatic heterocycles. The minimum absolute atomic E-state index is 0.0196. The van der Waals surface area contributed by atoms with Crippen LogP contribution in [0.3, 0.4) is 0 Å². The molecule has 5 heteroatoms. The predicted molar refractivity (Wildman–Crippen MR) is 79.5 cm³/mol. The average Bonchev–Trinajstić information content (AvgIpc) is 2.48. The van der Waals surface area contributed by atoms with Gasteiger partial charge in [0.15, 0.2) is 0 Å². The first-order valence-corrected chi connectivity index (χ1v) is 7.04. The highest BCUT2D eigenvalue weighted by Crippen LogP contribution is 2.22. The monoisotopic (exact) mass is 311 g/mol. The molecule has 2 aromatic carbocycles. The maximum Gasteiger partial charge on any atom is 0.142 e. The highest BCUT2D eigenvalue weighted by atomic mass is 35.5. The minimum Gasteiger partial charge on any atom is -0.489 e. The van der Waals surface area contributed by atoms with Gasteiger partial charge in [0.1, 0.15) is 24.0 Å². The van der Waals surface area contributed by atoms with Crippen molar-refractivity contribution in [3.63, 3.8) is 0 Å². The number of benzene rings is 2. The van der Waals surface area contributed by atoms with Gasteiger partial charge in [-0.3, -0.25) is 0 Å². The van der Waals surface area contributed by atoms with Crippen LogP contribution < -0.4 is 10.1 Å². The molecule has 21 heavy (non-hydrogen) atoms. The van der Waals surface area contributed by atoms with E-state index in [-0.39, 0.29) is 17.4 Å². The molecule has 2 aromatic rings. The molecule has 0 spiro atoms. The predicted octanol–water partition coefficient (Wildman–Crippen LogP) is 4.31. The van der Waals surface area contributed by atoms with Gasteiger partial charge in [-0.05, 0) is 36.4 Å². The summed E-state index contributed by atoms with van der Waals surface area (Å²) in [5.74, 6) is -0.441. The van der Waals surface area contributed by atoms with E-state index in [0.29, 0.717) is 17.9 Å². The van der Waals surface area contributed by atoms with Crippen molar-refractivity contribution in [1.82, 2.24) is 5.32 Å². The van der Waals surface area contributed by atoms with Gasteiger partial charge in [0.2, 0.25) is 0 Å². The lowest BCUT2D eigenvalue weighted by molar-refractivity contribution is 0.299. The SMILES string of the molecule is CCNCc1ccc(F)c(COc2ccc(F)c(Cl)c2)c1. The Bertz CT molecular complexity index is 619. The first kappa shape index (κ1) is 15.7. The molecule has 0 aliphatic rings. The summed E-state index contributed by atoms with van der Waals surface area (Å²) in [6.07, 6.45) is 0. The van der Waals surface area contributed by atoms with Crippen LogP contribution in [0.1, 0.15) is 18.1 Å². The standard InChI is InChI=1S/C16H16ClF2NO/c1-2-20-9-11-3-5-15(18)12(7-11)10-21-13-4-6-16(19)14(17)8-13/h3-8,20H,2,9-10H2,1H3. The average molecular weight is 312 g/mol. The van der Waals surface area contributed by atoms with Crippen LogP contribution in [-0.2, 0) is 13.2 Å². The molecule has 0 fully saturated rings. The highest BCUT2D eigenvalue weighted by Gasteiger charge is 2.06. The van der Waals surface area contributed by atoms with Crippen molar-refractivity contribution < 1.29 is 13.5 Å². The van der Waals surface area contributed by atoms with E-state index >= 15 is 0 Å².